The van der Waals surface area contributed by atoms with Gasteiger partial charge in [0.2, 0.25) is 0 Å². The van der Waals surface area contributed by atoms with Crippen molar-refractivity contribution < 1.29 is 26.2 Å². The highest BCUT2D eigenvalue weighted by atomic mass is 32.2. The molecule has 6 nitrogen and oxygen atoms in total. The van der Waals surface area contributed by atoms with Crippen LogP contribution in [0.2, 0.25) is 0 Å². The zero-order valence-electron chi connectivity index (χ0n) is 11.5. The molecule has 0 amide bonds. The van der Waals surface area contributed by atoms with Crippen LogP contribution < -0.4 is 4.18 Å². The molecule has 0 spiro atoms. The molecule has 0 atom stereocenters. The lowest BCUT2D eigenvalue weighted by Gasteiger charge is -2.16. The molecule has 1 aromatic carbocycles. The summed E-state index contributed by atoms with van der Waals surface area (Å²) in [7, 11) is -7.22. The summed E-state index contributed by atoms with van der Waals surface area (Å²) < 4.78 is 50.7. The second-order valence-corrected chi connectivity index (χ2v) is 7.70. The lowest BCUT2D eigenvalue weighted by atomic mass is 10.3. The molecule has 114 valence electrons. The van der Waals surface area contributed by atoms with Crippen molar-refractivity contribution in [2.24, 2.45) is 0 Å². The number of hydrogen-bond acceptors (Lipinski definition) is 6. The van der Waals surface area contributed by atoms with Crippen LogP contribution in [0.15, 0.2) is 30.3 Å². The molecule has 0 aliphatic rings. The van der Waals surface area contributed by atoms with Crippen molar-refractivity contribution >= 4 is 17.7 Å². The summed E-state index contributed by atoms with van der Waals surface area (Å²) >= 11 is 0. The molecule has 0 bridgehead atoms. The monoisotopic (exact) mass is 322 g/mol. The number of para-hydroxylation sites is 1. The van der Waals surface area contributed by atoms with Gasteiger partial charge in [-0.05, 0) is 26.0 Å². The minimum atomic E-state index is -3.84. The van der Waals surface area contributed by atoms with Crippen LogP contribution in [0.25, 0.3) is 0 Å². The van der Waals surface area contributed by atoms with E-state index >= 15 is 0 Å². The van der Waals surface area contributed by atoms with E-state index in [2.05, 4.69) is 0 Å². The highest BCUT2D eigenvalue weighted by Crippen LogP contribution is 2.47. The van der Waals surface area contributed by atoms with Gasteiger partial charge in [0, 0.05) is 0 Å². The topological polar surface area (TPSA) is 78.9 Å². The summed E-state index contributed by atoms with van der Waals surface area (Å²) in [4.78, 5) is 0. The Morgan fingerprint density at radius 1 is 1.05 bits per heavy atom. The van der Waals surface area contributed by atoms with Gasteiger partial charge in [-0.2, -0.15) is 8.42 Å². The summed E-state index contributed by atoms with van der Waals surface area (Å²) in [5.41, 5.74) is 0. The van der Waals surface area contributed by atoms with Gasteiger partial charge in [-0.3, -0.25) is 4.57 Å². The fourth-order valence-corrected chi connectivity index (χ4v) is 4.84. The Labute approximate surface area is 119 Å². The van der Waals surface area contributed by atoms with E-state index in [-0.39, 0.29) is 25.1 Å². The minimum Gasteiger partial charge on any atom is -0.382 e. The quantitative estimate of drug-likeness (QED) is 0.514. The van der Waals surface area contributed by atoms with Gasteiger partial charge in [-0.25, -0.2) is 0 Å². The van der Waals surface area contributed by atoms with Crippen LogP contribution in [0, 0.1) is 0 Å². The SMILES string of the molecule is CCOP(=O)(CCS(=O)(=O)Oc1ccccc1)OCC. The third kappa shape index (κ3) is 6.05. The standard InChI is InChI=1S/C12H19O6PS/c1-3-16-19(13,17-4-2)10-11-20(14,15)18-12-8-6-5-7-9-12/h5-9H,3-4,10-11H2,1-2H3. The summed E-state index contributed by atoms with van der Waals surface area (Å²) in [6.07, 6.45) is -0.232. The molecule has 0 saturated heterocycles. The minimum absolute atomic E-state index is 0.191. The Bertz CT molecular complexity index is 532. The number of hydrogen-bond donors (Lipinski definition) is 0. The average Bonchev–Trinajstić information content (AvgIpc) is 2.38. The van der Waals surface area contributed by atoms with E-state index in [0.717, 1.165) is 0 Å². The number of benzene rings is 1. The maximum atomic E-state index is 12.1. The van der Waals surface area contributed by atoms with E-state index < -0.39 is 23.5 Å². The maximum Gasteiger partial charge on any atom is 0.331 e. The van der Waals surface area contributed by atoms with E-state index in [1.807, 2.05) is 0 Å². The van der Waals surface area contributed by atoms with Gasteiger partial charge >= 0.3 is 17.7 Å². The van der Waals surface area contributed by atoms with Crippen molar-refractivity contribution in [3.05, 3.63) is 30.3 Å². The van der Waals surface area contributed by atoms with Crippen LogP contribution in [-0.2, 0) is 23.7 Å². The molecule has 0 aliphatic carbocycles. The van der Waals surface area contributed by atoms with E-state index in [0.29, 0.717) is 0 Å². The average molecular weight is 322 g/mol. The van der Waals surface area contributed by atoms with Gasteiger partial charge in [0.15, 0.2) is 0 Å². The Morgan fingerprint density at radius 2 is 1.60 bits per heavy atom. The van der Waals surface area contributed by atoms with E-state index in [9.17, 15) is 13.0 Å². The normalized spacial score (nSPS) is 12.3. The summed E-state index contributed by atoms with van der Waals surface area (Å²) in [6.45, 7) is 3.72. The van der Waals surface area contributed by atoms with E-state index in [1.165, 1.54) is 12.1 Å². The first-order valence-electron chi connectivity index (χ1n) is 6.26. The van der Waals surface area contributed by atoms with Crippen LogP contribution in [-0.4, -0.2) is 33.5 Å². The van der Waals surface area contributed by atoms with Crippen molar-refractivity contribution in [3.63, 3.8) is 0 Å². The van der Waals surface area contributed by atoms with Crippen molar-refractivity contribution in [1.82, 2.24) is 0 Å². The highest BCUT2D eigenvalue weighted by molar-refractivity contribution is 7.87. The van der Waals surface area contributed by atoms with E-state index in [4.69, 9.17) is 13.2 Å². The van der Waals surface area contributed by atoms with Crippen LogP contribution >= 0.6 is 7.60 Å². The lowest BCUT2D eigenvalue weighted by Crippen LogP contribution is -2.18. The molecule has 0 radical (unpaired) electrons. The first kappa shape index (κ1) is 17.2. The predicted molar refractivity (Wildman–Crippen MR) is 76.6 cm³/mol. The predicted octanol–water partition coefficient (Wildman–Crippen LogP) is 2.66. The molecule has 0 saturated carbocycles. The summed E-state index contributed by atoms with van der Waals surface area (Å²) in [6, 6.07) is 8.13. The molecule has 0 aliphatic heterocycles. The van der Waals surface area contributed by atoms with Crippen LogP contribution in [0.5, 0.6) is 5.75 Å². The van der Waals surface area contributed by atoms with Gasteiger partial charge in [-0.1, -0.05) is 18.2 Å². The zero-order valence-corrected chi connectivity index (χ0v) is 13.2. The van der Waals surface area contributed by atoms with Crippen LogP contribution in [0.4, 0.5) is 0 Å². The van der Waals surface area contributed by atoms with Gasteiger partial charge in [-0.15, -0.1) is 0 Å². The smallest absolute Gasteiger partial charge is 0.331 e. The molecule has 8 heteroatoms. The Morgan fingerprint density at radius 3 is 2.10 bits per heavy atom. The van der Waals surface area contributed by atoms with Crippen molar-refractivity contribution in [3.8, 4) is 5.75 Å². The molecule has 0 N–H and O–H groups in total. The summed E-state index contributed by atoms with van der Waals surface area (Å²) in [5.74, 6) is -0.214. The van der Waals surface area contributed by atoms with Crippen LogP contribution in [0.3, 0.4) is 0 Å². The Hall–Kier alpha value is -0.880. The largest absolute Gasteiger partial charge is 0.382 e. The third-order valence-electron chi connectivity index (χ3n) is 2.23. The molecule has 0 aromatic heterocycles. The van der Waals surface area contributed by atoms with Crippen LogP contribution in [0.1, 0.15) is 13.8 Å². The molecule has 1 rings (SSSR count). The second kappa shape index (κ2) is 7.78. The second-order valence-electron chi connectivity index (χ2n) is 3.83. The maximum absolute atomic E-state index is 12.1. The van der Waals surface area contributed by atoms with Gasteiger partial charge in [0.25, 0.3) is 0 Å². The molecular weight excluding hydrogens is 303 g/mol. The molecule has 1 aromatic rings. The fraction of sp³-hybridized carbons (Fsp3) is 0.500. The molecule has 0 unspecified atom stereocenters. The lowest BCUT2D eigenvalue weighted by molar-refractivity contribution is 0.221. The first-order valence-corrected chi connectivity index (χ1v) is 9.56. The van der Waals surface area contributed by atoms with Crippen molar-refractivity contribution in [2.45, 2.75) is 13.8 Å². The molecule has 0 fully saturated rings. The van der Waals surface area contributed by atoms with Gasteiger partial charge in [0.1, 0.15) is 5.75 Å². The Kier molecular flexibility index (Phi) is 6.68. The highest BCUT2D eigenvalue weighted by Gasteiger charge is 2.27. The Balaban J connectivity index is 2.64. The molecule has 0 heterocycles. The zero-order chi connectivity index (χ0) is 15.1. The van der Waals surface area contributed by atoms with Crippen molar-refractivity contribution in [2.75, 3.05) is 25.1 Å². The van der Waals surface area contributed by atoms with Gasteiger partial charge in [0.05, 0.1) is 25.1 Å². The van der Waals surface area contributed by atoms with E-state index in [1.54, 1.807) is 32.0 Å². The van der Waals surface area contributed by atoms with Crippen molar-refractivity contribution in [1.29, 1.82) is 0 Å². The van der Waals surface area contributed by atoms with Gasteiger partial charge < -0.3 is 13.2 Å². The third-order valence-corrected chi connectivity index (χ3v) is 5.76. The molecular formula is C12H19O6PS. The first-order chi connectivity index (χ1) is 9.41. The summed E-state index contributed by atoms with van der Waals surface area (Å²) in [5, 5.41) is 0. The molecule has 20 heavy (non-hydrogen) atoms. The number of rotatable bonds is 9. The fourth-order valence-electron chi connectivity index (χ4n) is 1.45.